The Morgan fingerprint density at radius 3 is 2.27 bits per heavy atom. The molecule has 1 aliphatic rings. The Kier molecular flexibility index (Phi) is 12.7. The van der Waals surface area contributed by atoms with Crippen LogP contribution >= 0.6 is 27.3 Å². The molecule has 1 aliphatic heterocycles. The van der Waals surface area contributed by atoms with Crippen molar-refractivity contribution < 1.29 is 42.8 Å². The maximum absolute atomic E-state index is 14.3. The summed E-state index contributed by atoms with van der Waals surface area (Å²) in [6.45, 7) is 7.53. The third-order valence-corrected chi connectivity index (χ3v) is 9.27. The maximum atomic E-state index is 14.3. The Balaban J connectivity index is 1.56. The molecule has 0 aliphatic carbocycles. The van der Waals surface area contributed by atoms with Gasteiger partial charge in [0.2, 0.25) is 0 Å². The van der Waals surface area contributed by atoms with E-state index in [-0.39, 0.29) is 44.2 Å². The quantitative estimate of drug-likeness (QED) is 0.123. The summed E-state index contributed by atoms with van der Waals surface area (Å²) in [5.41, 5.74) is 2.67. The van der Waals surface area contributed by atoms with Crippen LogP contribution in [0.15, 0.2) is 86.2 Å². The van der Waals surface area contributed by atoms with Gasteiger partial charge in [0.05, 0.1) is 54.3 Å². The van der Waals surface area contributed by atoms with E-state index in [1.54, 1.807) is 82.3 Å². The fourth-order valence-corrected chi connectivity index (χ4v) is 6.82. The second kappa shape index (κ2) is 17.3. The lowest BCUT2D eigenvalue weighted by Crippen LogP contribution is -2.40. The van der Waals surface area contributed by atoms with Crippen molar-refractivity contribution in [2.75, 3.05) is 33.5 Å². The number of nitrogens with zero attached hydrogens (tertiary/aromatic N) is 2. The van der Waals surface area contributed by atoms with Crippen molar-refractivity contribution in [1.82, 2.24) is 4.57 Å². The predicted octanol–water partition coefficient (Wildman–Crippen LogP) is 5.27. The molecule has 1 atom stereocenters. The van der Waals surface area contributed by atoms with E-state index in [4.69, 9.17) is 28.4 Å². The molecule has 3 aromatic carbocycles. The molecular formula is C38H37BrN2O10S. The number of benzene rings is 3. The van der Waals surface area contributed by atoms with E-state index in [9.17, 15) is 19.2 Å². The first-order valence-electron chi connectivity index (χ1n) is 16.4. The lowest BCUT2D eigenvalue weighted by molar-refractivity contribution is -0.143. The van der Waals surface area contributed by atoms with E-state index < -0.39 is 23.9 Å². The van der Waals surface area contributed by atoms with E-state index in [0.717, 1.165) is 10.0 Å². The first-order valence-corrected chi connectivity index (χ1v) is 18.0. The van der Waals surface area contributed by atoms with Crippen LogP contribution in [0.3, 0.4) is 0 Å². The summed E-state index contributed by atoms with van der Waals surface area (Å²) in [4.78, 5) is 56.6. The van der Waals surface area contributed by atoms with Gasteiger partial charge in [0.1, 0.15) is 12.4 Å². The average molecular weight is 794 g/mol. The Morgan fingerprint density at radius 1 is 0.865 bits per heavy atom. The molecule has 14 heteroatoms. The molecule has 0 N–H and O–H groups in total. The number of carbonyl (C=O) groups excluding carboxylic acids is 3. The minimum absolute atomic E-state index is 0.123. The average Bonchev–Trinajstić information content (AvgIpc) is 3.43. The highest BCUT2D eigenvalue weighted by atomic mass is 79.9. The number of rotatable bonds is 14. The van der Waals surface area contributed by atoms with Crippen molar-refractivity contribution >= 4 is 51.3 Å². The van der Waals surface area contributed by atoms with Gasteiger partial charge in [-0.15, -0.1) is 0 Å². The van der Waals surface area contributed by atoms with Gasteiger partial charge in [0.25, 0.3) is 5.56 Å². The fraction of sp³-hybridized carbons (Fsp3) is 0.289. The molecule has 12 nitrogen and oxygen atoms in total. The molecule has 5 rings (SSSR count). The van der Waals surface area contributed by atoms with E-state index in [1.807, 2.05) is 12.1 Å². The Bertz CT molecular complexity index is 2190. The summed E-state index contributed by atoms with van der Waals surface area (Å²) in [5.74, 6) is -0.438. The summed E-state index contributed by atoms with van der Waals surface area (Å²) in [6.07, 6.45) is 1.73. The van der Waals surface area contributed by atoms with Crippen LogP contribution < -0.4 is 29.1 Å². The molecule has 0 fully saturated rings. The second-order valence-corrected chi connectivity index (χ2v) is 13.1. The molecule has 0 unspecified atom stereocenters. The standard InChI is InChI=1S/C38H37BrN2O10S/c1-6-47-30-18-25(13-15-29(30)51-21-32(42)46-5)34-33(37(45)49-8-3)22(4)40-38-41(34)35(43)31(52-38)19-26-17-27(39)14-16-28(26)50-20-23-9-11-24(12-10-23)36(44)48-7-2/h9-19,34H,6-8,20-21H2,1-5H3/b31-19+/t34-/m1/s1. The fourth-order valence-electron chi connectivity index (χ4n) is 5.40. The van der Waals surface area contributed by atoms with Crippen LogP contribution in [0.4, 0.5) is 0 Å². The number of hydrogen-bond donors (Lipinski definition) is 0. The Morgan fingerprint density at radius 2 is 1.58 bits per heavy atom. The highest BCUT2D eigenvalue weighted by molar-refractivity contribution is 9.10. The maximum Gasteiger partial charge on any atom is 0.343 e. The number of carbonyl (C=O) groups is 3. The lowest BCUT2D eigenvalue weighted by atomic mass is 9.95. The smallest absolute Gasteiger partial charge is 0.343 e. The molecule has 2 heterocycles. The number of fused-ring (bicyclic) bond motifs is 1. The molecule has 0 saturated heterocycles. The van der Waals surface area contributed by atoms with E-state index in [1.165, 1.54) is 23.0 Å². The Hall–Kier alpha value is -5.21. The third kappa shape index (κ3) is 8.62. The van der Waals surface area contributed by atoms with Crippen LogP contribution in [0.2, 0.25) is 0 Å². The number of methoxy groups -OCH3 is 1. The predicted molar refractivity (Wildman–Crippen MR) is 196 cm³/mol. The van der Waals surface area contributed by atoms with Crippen molar-refractivity contribution in [1.29, 1.82) is 0 Å². The van der Waals surface area contributed by atoms with Gasteiger partial charge < -0.3 is 28.4 Å². The van der Waals surface area contributed by atoms with Crippen molar-refractivity contribution in [3.8, 4) is 17.2 Å². The zero-order chi connectivity index (χ0) is 37.4. The SMILES string of the molecule is CCOC(=O)C1=C(C)N=c2s/c(=C/c3cc(Br)ccc3OCc3ccc(C(=O)OCC)cc3)c(=O)n2[C@@H]1c1ccc(OCC(=O)OC)c(OCC)c1. The number of ether oxygens (including phenoxy) is 6. The topological polar surface area (TPSA) is 141 Å². The van der Waals surface area contributed by atoms with Crippen molar-refractivity contribution in [3.63, 3.8) is 0 Å². The molecule has 1 aromatic heterocycles. The van der Waals surface area contributed by atoms with Gasteiger partial charge in [0.15, 0.2) is 22.9 Å². The number of hydrogen-bond acceptors (Lipinski definition) is 12. The summed E-state index contributed by atoms with van der Waals surface area (Å²) in [7, 11) is 1.26. The van der Waals surface area contributed by atoms with E-state index >= 15 is 0 Å². The molecule has 0 spiro atoms. The van der Waals surface area contributed by atoms with E-state index in [2.05, 4.69) is 20.9 Å². The number of esters is 3. The zero-order valence-electron chi connectivity index (χ0n) is 29.2. The molecule has 4 aromatic rings. The largest absolute Gasteiger partial charge is 0.490 e. The molecular weight excluding hydrogens is 756 g/mol. The van der Waals surface area contributed by atoms with Crippen LogP contribution in [-0.2, 0) is 30.4 Å². The zero-order valence-corrected chi connectivity index (χ0v) is 31.6. The van der Waals surface area contributed by atoms with Gasteiger partial charge >= 0.3 is 17.9 Å². The van der Waals surface area contributed by atoms with Gasteiger partial charge in [-0.2, -0.15) is 0 Å². The monoisotopic (exact) mass is 792 g/mol. The van der Waals surface area contributed by atoms with Crippen LogP contribution in [0, 0.1) is 0 Å². The highest BCUT2D eigenvalue weighted by Crippen LogP contribution is 2.36. The Labute approximate surface area is 312 Å². The number of aromatic nitrogens is 1. The summed E-state index contributed by atoms with van der Waals surface area (Å²) in [6, 6.07) is 16.5. The number of allylic oxidation sites excluding steroid dienone is 1. The van der Waals surface area contributed by atoms with Gasteiger partial charge in [-0.1, -0.05) is 45.5 Å². The molecule has 272 valence electrons. The minimum atomic E-state index is -0.915. The van der Waals surface area contributed by atoms with Gasteiger partial charge in [0, 0.05) is 10.0 Å². The van der Waals surface area contributed by atoms with Crippen LogP contribution in [0.1, 0.15) is 60.8 Å². The number of thiazole rings is 1. The molecule has 0 saturated carbocycles. The van der Waals surface area contributed by atoms with Gasteiger partial charge in [-0.25, -0.2) is 19.4 Å². The summed E-state index contributed by atoms with van der Waals surface area (Å²) >= 11 is 4.70. The van der Waals surface area contributed by atoms with Crippen LogP contribution in [0.5, 0.6) is 17.2 Å². The van der Waals surface area contributed by atoms with Crippen molar-refractivity contribution in [2.45, 2.75) is 40.3 Å². The van der Waals surface area contributed by atoms with Crippen molar-refractivity contribution in [3.05, 3.63) is 118 Å². The summed E-state index contributed by atoms with van der Waals surface area (Å²) in [5, 5.41) is 0. The lowest BCUT2D eigenvalue weighted by Gasteiger charge is -2.25. The molecule has 0 amide bonds. The third-order valence-electron chi connectivity index (χ3n) is 7.79. The molecule has 52 heavy (non-hydrogen) atoms. The molecule has 0 bridgehead atoms. The van der Waals surface area contributed by atoms with E-state index in [0.29, 0.717) is 49.0 Å². The summed E-state index contributed by atoms with van der Waals surface area (Å²) < 4.78 is 35.5. The van der Waals surface area contributed by atoms with Crippen LogP contribution in [-0.4, -0.2) is 56.0 Å². The molecule has 0 radical (unpaired) electrons. The van der Waals surface area contributed by atoms with Gasteiger partial charge in [-0.3, -0.25) is 9.36 Å². The first kappa shape index (κ1) is 38.0. The number of halogens is 1. The highest BCUT2D eigenvalue weighted by Gasteiger charge is 2.34. The normalized spacial score (nSPS) is 13.9. The first-order chi connectivity index (χ1) is 25.1. The second-order valence-electron chi connectivity index (χ2n) is 11.2. The van der Waals surface area contributed by atoms with Crippen molar-refractivity contribution in [2.24, 2.45) is 4.99 Å². The van der Waals surface area contributed by atoms with Crippen LogP contribution in [0.25, 0.3) is 6.08 Å². The van der Waals surface area contributed by atoms with Gasteiger partial charge in [-0.05, 0) is 87.4 Å². The minimum Gasteiger partial charge on any atom is -0.490 e.